The van der Waals surface area contributed by atoms with Crippen LogP contribution in [0.25, 0.3) is 0 Å². The standard InChI is InChI=1S/C11H17N3O4S/c1-7(11(15)14-8-2-3-8)13-6-9-4-5-10(18-9)19(12,16)17/h4-5,7-8,13H,2-3,6H2,1H3,(H,14,15)(H2,12,16,17). The molecule has 1 aliphatic carbocycles. The third-order valence-electron chi connectivity index (χ3n) is 2.82. The van der Waals surface area contributed by atoms with Crippen LogP contribution in [0.4, 0.5) is 0 Å². The maximum absolute atomic E-state index is 11.7. The smallest absolute Gasteiger partial charge is 0.271 e. The Labute approximate surface area is 111 Å². The molecule has 0 aromatic carbocycles. The van der Waals surface area contributed by atoms with Crippen LogP contribution >= 0.6 is 0 Å². The summed E-state index contributed by atoms with van der Waals surface area (Å²) in [4.78, 5) is 11.7. The van der Waals surface area contributed by atoms with Crippen LogP contribution in [-0.4, -0.2) is 26.4 Å². The van der Waals surface area contributed by atoms with Crippen LogP contribution < -0.4 is 15.8 Å². The van der Waals surface area contributed by atoms with E-state index in [1.54, 1.807) is 6.92 Å². The number of amides is 1. The minimum absolute atomic E-state index is 0.0688. The zero-order valence-corrected chi connectivity index (χ0v) is 11.4. The van der Waals surface area contributed by atoms with Crippen LogP contribution in [0.5, 0.6) is 0 Å². The second-order valence-corrected chi connectivity index (χ2v) is 6.14. The quantitative estimate of drug-likeness (QED) is 0.663. The fourth-order valence-electron chi connectivity index (χ4n) is 1.51. The van der Waals surface area contributed by atoms with Gasteiger partial charge in [-0.3, -0.25) is 10.1 Å². The summed E-state index contributed by atoms with van der Waals surface area (Å²) in [6.07, 6.45) is 2.07. The van der Waals surface area contributed by atoms with Gasteiger partial charge in [-0.15, -0.1) is 0 Å². The Balaban J connectivity index is 1.84. The molecule has 0 bridgehead atoms. The van der Waals surface area contributed by atoms with E-state index in [0.717, 1.165) is 12.8 Å². The van der Waals surface area contributed by atoms with Crippen LogP contribution in [0.15, 0.2) is 21.6 Å². The zero-order valence-electron chi connectivity index (χ0n) is 10.5. The van der Waals surface area contributed by atoms with Gasteiger partial charge in [0.15, 0.2) is 0 Å². The maximum atomic E-state index is 11.7. The number of rotatable bonds is 6. The molecule has 0 aliphatic heterocycles. The first kappa shape index (κ1) is 14.0. The topological polar surface area (TPSA) is 114 Å². The van der Waals surface area contributed by atoms with Crippen molar-refractivity contribution in [2.75, 3.05) is 0 Å². The van der Waals surface area contributed by atoms with Gasteiger partial charge in [0, 0.05) is 6.04 Å². The second-order valence-electron chi connectivity index (χ2n) is 4.65. The molecule has 2 rings (SSSR count). The predicted molar refractivity (Wildman–Crippen MR) is 67.5 cm³/mol. The van der Waals surface area contributed by atoms with E-state index in [1.807, 2.05) is 0 Å². The highest BCUT2D eigenvalue weighted by Gasteiger charge is 2.25. The number of hydrogen-bond acceptors (Lipinski definition) is 5. The lowest BCUT2D eigenvalue weighted by atomic mass is 10.3. The molecule has 1 atom stereocenters. The Hall–Kier alpha value is -1.38. The summed E-state index contributed by atoms with van der Waals surface area (Å²) in [6.45, 7) is 2.00. The van der Waals surface area contributed by atoms with Crippen LogP contribution in [-0.2, 0) is 21.4 Å². The summed E-state index contributed by atoms with van der Waals surface area (Å²) >= 11 is 0. The van der Waals surface area contributed by atoms with E-state index >= 15 is 0 Å². The molecule has 0 radical (unpaired) electrons. The summed E-state index contributed by atoms with van der Waals surface area (Å²) in [7, 11) is -3.82. The molecule has 19 heavy (non-hydrogen) atoms. The van der Waals surface area contributed by atoms with E-state index < -0.39 is 10.0 Å². The SMILES string of the molecule is CC(NCc1ccc(S(N)(=O)=O)o1)C(=O)NC1CC1. The number of carbonyl (C=O) groups excluding carboxylic acids is 1. The van der Waals surface area contributed by atoms with Crippen molar-refractivity contribution in [2.24, 2.45) is 5.14 Å². The monoisotopic (exact) mass is 287 g/mol. The number of sulfonamides is 1. The summed E-state index contributed by atoms with van der Waals surface area (Å²) in [5.74, 6) is 0.343. The van der Waals surface area contributed by atoms with Gasteiger partial charge >= 0.3 is 0 Å². The lowest BCUT2D eigenvalue weighted by Crippen LogP contribution is -2.42. The van der Waals surface area contributed by atoms with Crippen LogP contribution in [0.2, 0.25) is 0 Å². The third-order valence-corrected chi connectivity index (χ3v) is 3.60. The molecular weight excluding hydrogens is 270 g/mol. The van der Waals surface area contributed by atoms with Gasteiger partial charge in [0.25, 0.3) is 10.0 Å². The number of carbonyl (C=O) groups is 1. The Morgan fingerprint density at radius 2 is 2.21 bits per heavy atom. The number of primary sulfonamides is 1. The molecule has 7 nitrogen and oxygen atoms in total. The predicted octanol–water partition coefficient (Wildman–Crippen LogP) is -0.316. The van der Waals surface area contributed by atoms with Gasteiger partial charge in [0.2, 0.25) is 11.0 Å². The van der Waals surface area contributed by atoms with Crippen LogP contribution in [0, 0.1) is 0 Å². The molecule has 1 heterocycles. The highest BCUT2D eigenvalue weighted by Crippen LogP contribution is 2.18. The minimum Gasteiger partial charge on any atom is -0.447 e. The number of nitrogens with one attached hydrogen (secondary N) is 2. The van der Waals surface area contributed by atoms with Crippen LogP contribution in [0.3, 0.4) is 0 Å². The molecule has 1 saturated carbocycles. The fraction of sp³-hybridized carbons (Fsp3) is 0.545. The van der Waals surface area contributed by atoms with Gasteiger partial charge in [-0.2, -0.15) is 0 Å². The summed E-state index contributed by atoms with van der Waals surface area (Å²) < 4.78 is 27.1. The molecule has 0 spiro atoms. The van der Waals surface area contributed by atoms with Gasteiger partial charge in [-0.05, 0) is 31.9 Å². The molecule has 8 heteroatoms. The molecule has 1 aromatic heterocycles. The van der Waals surface area contributed by atoms with Crippen molar-refractivity contribution in [2.45, 2.75) is 43.5 Å². The number of hydrogen-bond donors (Lipinski definition) is 3. The zero-order chi connectivity index (χ0) is 14.0. The van der Waals surface area contributed by atoms with Gasteiger partial charge in [0.05, 0.1) is 12.6 Å². The average Bonchev–Trinajstić information content (AvgIpc) is 2.99. The van der Waals surface area contributed by atoms with Crippen molar-refractivity contribution < 1.29 is 17.6 Å². The molecule has 0 saturated heterocycles. The third kappa shape index (κ3) is 4.05. The Morgan fingerprint density at radius 3 is 2.74 bits per heavy atom. The maximum Gasteiger partial charge on any atom is 0.271 e. The lowest BCUT2D eigenvalue weighted by Gasteiger charge is -2.12. The van der Waals surface area contributed by atoms with Crippen LogP contribution in [0.1, 0.15) is 25.5 Å². The largest absolute Gasteiger partial charge is 0.447 e. The van der Waals surface area contributed by atoms with Crippen molar-refractivity contribution in [1.29, 1.82) is 0 Å². The molecule has 1 aliphatic rings. The van der Waals surface area contributed by atoms with Gasteiger partial charge in [0.1, 0.15) is 5.76 Å². The van der Waals surface area contributed by atoms with E-state index in [9.17, 15) is 13.2 Å². The summed E-state index contributed by atoms with van der Waals surface area (Å²) in [6, 6.07) is 2.75. The molecule has 1 unspecified atom stereocenters. The second kappa shape index (κ2) is 5.32. The van der Waals surface area contributed by atoms with E-state index in [4.69, 9.17) is 9.56 Å². The number of furan rings is 1. The lowest BCUT2D eigenvalue weighted by molar-refractivity contribution is -0.122. The molecule has 1 aromatic rings. The minimum atomic E-state index is -3.82. The number of nitrogens with two attached hydrogens (primary N) is 1. The Bertz CT molecular complexity index is 562. The molecule has 1 amide bonds. The summed E-state index contributed by atoms with van der Waals surface area (Å²) in [5, 5.41) is 10.5. The van der Waals surface area contributed by atoms with Gasteiger partial charge < -0.3 is 9.73 Å². The van der Waals surface area contributed by atoms with E-state index in [2.05, 4.69) is 10.6 Å². The Morgan fingerprint density at radius 1 is 1.53 bits per heavy atom. The molecule has 1 fully saturated rings. The van der Waals surface area contributed by atoms with Gasteiger partial charge in [-0.1, -0.05) is 0 Å². The highest BCUT2D eigenvalue weighted by molar-refractivity contribution is 7.89. The van der Waals surface area contributed by atoms with E-state index in [0.29, 0.717) is 11.8 Å². The first-order valence-corrected chi connectivity index (χ1v) is 7.56. The van der Waals surface area contributed by atoms with Crippen molar-refractivity contribution in [3.05, 3.63) is 17.9 Å². The Kier molecular flexibility index (Phi) is 3.93. The van der Waals surface area contributed by atoms with Gasteiger partial charge in [-0.25, -0.2) is 13.6 Å². The summed E-state index contributed by atoms with van der Waals surface area (Å²) in [5.41, 5.74) is 0. The van der Waals surface area contributed by atoms with Crippen molar-refractivity contribution >= 4 is 15.9 Å². The molecule has 106 valence electrons. The van der Waals surface area contributed by atoms with E-state index in [-0.39, 0.29) is 23.6 Å². The first-order chi connectivity index (χ1) is 8.86. The normalized spacial score (nSPS) is 17.2. The van der Waals surface area contributed by atoms with Crippen molar-refractivity contribution in [3.63, 3.8) is 0 Å². The van der Waals surface area contributed by atoms with Crippen molar-refractivity contribution in [1.82, 2.24) is 10.6 Å². The highest BCUT2D eigenvalue weighted by atomic mass is 32.2. The average molecular weight is 287 g/mol. The molecular formula is C11H17N3O4S. The fourth-order valence-corrected chi connectivity index (χ4v) is 1.99. The first-order valence-electron chi connectivity index (χ1n) is 6.01. The van der Waals surface area contributed by atoms with Crippen molar-refractivity contribution in [3.8, 4) is 0 Å². The van der Waals surface area contributed by atoms with E-state index in [1.165, 1.54) is 12.1 Å². The molecule has 4 N–H and O–H groups in total.